The number of carbonyl (C=O) groups is 1. The van der Waals surface area contributed by atoms with Gasteiger partial charge in [0.15, 0.2) is 5.16 Å². The molecule has 0 bridgehead atoms. The van der Waals surface area contributed by atoms with Crippen molar-refractivity contribution >= 4 is 51.2 Å². The molecule has 0 N–H and O–H groups in total. The molecule has 0 aliphatic heterocycles. The van der Waals surface area contributed by atoms with E-state index >= 15 is 0 Å². The first-order valence-corrected chi connectivity index (χ1v) is 11.0. The summed E-state index contributed by atoms with van der Waals surface area (Å²) in [6.07, 6.45) is 0.268. The Hall–Kier alpha value is -1.87. The zero-order valence-electron chi connectivity index (χ0n) is 15.7. The van der Waals surface area contributed by atoms with E-state index in [-0.39, 0.29) is 23.2 Å². The van der Waals surface area contributed by atoms with E-state index in [0.717, 1.165) is 9.13 Å². The Morgan fingerprint density at radius 3 is 2.71 bits per heavy atom. The lowest BCUT2D eigenvalue weighted by Gasteiger charge is -2.16. The number of aromatic nitrogens is 2. The fraction of sp³-hybridized carbons (Fsp3) is 0.286. The van der Waals surface area contributed by atoms with Gasteiger partial charge in [-0.25, -0.2) is 4.98 Å². The van der Waals surface area contributed by atoms with Crippen LogP contribution in [0.3, 0.4) is 0 Å². The minimum atomic E-state index is -0.241. The van der Waals surface area contributed by atoms with Crippen LogP contribution in [-0.4, -0.2) is 27.4 Å². The van der Waals surface area contributed by atoms with Gasteiger partial charge < -0.3 is 4.74 Å². The molecule has 5 nitrogen and oxygen atoms in total. The number of hydrogen-bond acceptors (Lipinski definition) is 5. The van der Waals surface area contributed by atoms with Crippen LogP contribution in [0, 0.1) is 3.57 Å². The standard InChI is InChI=1S/C21H21IN2O3S/c1-3-27-19(25)11-14(2)28-21-23-18-10-9-16(22)12-17(18)20(26)24(21)13-15-7-5-4-6-8-15/h4-10,12,14H,3,11,13H2,1-2H3/t14-/m1/s1. The second-order valence-corrected chi connectivity index (χ2v) is 9.02. The zero-order chi connectivity index (χ0) is 20.1. The summed E-state index contributed by atoms with van der Waals surface area (Å²) in [6.45, 7) is 4.53. The predicted octanol–water partition coefficient (Wildman–Crippen LogP) is 4.48. The third-order valence-electron chi connectivity index (χ3n) is 4.13. The average molecular weight is 508 g/mol. The molecule has 0 unspecified atom stereocenters. The summed E-state index contributed by atoms with van der Waals surface area (Å²) in [7, 11) is 0. The number of benzene rings is 2. The number of ether oxygens (including phenoxy) is 1. The molecule has 0 amide bonds. The van der Waals surface area contributed by atoms with E-state index in [2.05, 4.69) is 22.6 Å². The first kappa shape index (κ1) is 20.9. The smallest absolute Gasteiger partial charge is 0.306 e. The van der Waals surface area contributed by atoms with Crippen LogP contribution in [0.1, 0.15) is 25.8 Å². The molecule has 0 fully saturated rings. The summed E-state index contributed by atoms with van der Waals surface area (Å²) in [4.78, 5) is 29.8. The molecular formula is C21H21IN2O3S. The van der Waals surface area contributed by atoms with Crippen LogP contribution in [0.4, 0.5) is 0 Å². The second kappa shape index (κ2) is 9.56. The lowest BCUT2D eigenvalue weighted by molar-refractivity contribution is -0.142. The Kier molecular flexibility index (Phi) is 7.12. The van der Waals surface area contributed by atoms with Crippen molar-refractivity contribution in [2.75, 3.05) is 6.61 Å². The van der Waals surface area contributed by atoms with E-state index < -0.39 is 0 Å². The second-order valence-electron chi connectivity index (χ2n) is 6.37. The van der Waals surface area contributed by atoms with E-state index in [0.29, 0.717) is 29.2 Å². The quantitative estimate of drug-likeness (QED) is 0.204. The Morgan fingerprint density at radius 2 is 2.00 bits per heavy atom. The van der Waals surface area contributed by atoms with Gasteiger partial charge in [-0.3, -0.25) is 14.2 Å². The zero-order valence-corrected chi connectivity index (χ0v) is 18.7. The summed E-state index contributed by atoms with van der Waals surface area (Å²) in [5.74, 6) is -0.241. The van der Waals surface area contributed by atoms with E-state index in [1.165, 1.54) is 11.8 Å². The van der Waals surface area contributed by atoms with Crippen LogP contribution in [0.2, 0.25) is 0 Å². The van der Waals surface area contributed by atoms with E-state index in [9.17, 15) is 9.59 Å². The van der Waals surface area contributed by atoms with Crippen molar-refractivity contribution in [3.63, 3.8) is 0 Å². The van der Waals surface area contributed by atoms with Gasteiger partial charge >= 0.3 is 5.97 Å². The number of thioether (sulfide) groups is 1. The molecule has 3 aromatic rings. The number of nitrogens with zero attached hydrogens (tertiary/aromatic N) is 2. The highest BCUT2D eigenvalue weighted by molar-refractivity contribution is 14.1. The third kappa shape index (κ3) is 5.14. The third-order valence-corrected chi connectivity index (χ3v) is 5.89. The molecule has 0 saturated heterocycles. The van der Waals surface area contributed by atoms with Gasteiger partial charge in [0.05, 0.1) is 30.5 Å². The number of fused-ring (bicyclic) bond motifs is 1. The SMILES string of the molecule is CCOC(=O)C[C@@H](C)Sc1nc2ccc(I)cc2c(=O)n1Cc1ccccc1. The van der Waals surface area contributed by atoms with Gasteiger partial charge in [0, 0.05) is 8.82 Å². The average Bonchev–Trinajstić information content (AvgIpc) is 2.66. The Balaban J connectivity index is 2.01. The lowest BCUT2D eigenvalue weighted by Crippen LogP contribution is -2.25. The largest absolute Gasteiger partial charge is 0.466 e. The van der Waals surface area contributed by atoms with E-state index in [4.69, 9.17) is 9.72 Å². The maximum absolute atomic E-state index is 13.2. The van der Waals surface area contributed by atoms with Gasteiger partial charge in [-0.1, -0.05) is 49.0 Å². The summed E-state index contributed by atoms with van der Waals surface area (Å²) >= 11 is 3.62. The van der Waals surface area contributed by atoms with Crippen LogP contribution in [0.15, 0.2) is 58.5 Å². The van der Waals surface area contributed by atoms with Crippen molar-refractivity contribution in [1.82, 2.24) is 9.55 Å². The van der Waals surface area contributed by atoms with Gasteiger partial charge in [0.2, 0.25) is 0 Å². The number of halogens is 1. The van der Waals surface area contributed by atoms with Crippen LogP contribution >= 0.6 is 34.4 Å². The number of hydrogen-bond donors (Lipinski definition) is 0. The summed E-state index contributed by atoms with van der Waals surface area (Å²) in [5.41, 5.74) is 1.62. The molecule has 3 rings (SSSR count). The number of rotatable bonds is 7. The van der Waals surface area contributed by atoms with Crippen LogP contribution in [0.25, 0.3) is 10.9 Å². The molecule has 0 aliphatic carbocycles. The van der Waals surface area contributed by atoms with Crippen molar-refractivity contribution < 1.29 is 9.53 Å². The topological polar surface area (TPSA) is 61.2 Å². The summed E-state index contributed by atoms with van der Waals surface area (Å²) in [5, 5.41) is 1.15. The lowest BCUT2D eigenvalue weighted by atomic mass is 10.2. The molecule has 1 aromatic heterocycles. The number of esters is 1. The van der Waals surface area contributed by atoms with E-state index in [1.54, 1.807) is 11.5 Å². The Morgan fingerprint density at radius 1 is 1.25 bits per heavy atom. The minimum absolute atomic E-state index is 0.0609. The molecule has 2 aromatic carbocycles. The van der Waals surface area contributed by atoms with Crippen LogP contribution in [-0.2, 0) is 16.1 Å². The molecular weight excluding hydrogens is 487 g/mol. The monoisotopic (exact) mass is 508 g/mol. The Bertz CT molecular complexity index is 1040. The van der Waals surface area contributed by atoms with Gasteiger partial charge in [-0.2, -0.15) is 0 Å². The van der Waals surface area contributed by atoms with Crippen molar-refractivity contribution in [1.29, 1.82) is 0 Å². The van der Waals surface area contributed by atoms with E-state index in [1.807, 2.05) is 55.5 Å². The van der Waals surface area contributed by atoms with Gasteiger partial charge in [-0.05, 0) is 53.3 Å². The summed E-state index contributed by atoms with van der Waals surface area (Å²) < 4.78 is 7.73. The molecule has 0 saturated carbocycles. The summed E-state index contributed by atoms with van der Waals surface area (Å²) in [6, 6.07) is 15.5. The van der Waals surface area contributed by atoms with Crippen molar-refractivity contribution in [3.8, 4) is 0 Å². The predicted molar refractivity (Wildman–Crippen MR) is 121 cm³/mol. The first-order valence-electron chi connectivity index (χ1n) is 9.04. The van der Waals surface area contributed by atoms with Crippen LogP contribution in [0.5, 0.6) is 0 Å². The molecule has 7 heteroatoms. The van der Waals surface area contributed by atoms with Gasteiger partial charge in [0.25, 0.3) is 5.56 Å². The number of carbonyl (C=O) groups excluding carboxylic acids is 1. The first-order chi connectivity index (χ1) is 13.5. The normalized spacial score (nSPS) is 12.1. The fourth-order valence-corrected chi connectivity index (χ4v) is 4.34. The molecule has 0 radical (unpaired) electrons. The van der Waals surface area contributed by atoms with Gasteiger partial charge in [0.1, 0.15) is 0 Å². The molecule has 1 atom stereocenters. The maximum atomic E-state index is 13.2. The molecule has 146 valence electrons. The highest BCUT2D eigenvalue weighted by atomic mass is 127. The highest BCUT2D eigenvalue weighted by Gasteiger charge is 2.17. The highest BCUT2D eigenvalue weighted by Crippen LogP contribution is 2.25. The van der Waals surface area contributed by atoms with Crippen molar-refractivity contribution in [2.24, 2.45) is 0 Å². The molecule has 0 spiro atoms. The fourth-order valence-electron chi connectivity index (χ4n) is 2.84. The molecule has 0 aliphatic rings. The Labute approximate surface area is 181 Å². The van der Waals surface area contributed by atoms with Gasteiger partial charge in [-0.15, -0.1) is 0 Å². The maximum Gasteiger partial charge on any atom is 0.306 e. The van der Waals surface area contributed by atoms with Crippen molar-refractivity contribution in [2.45, 2.75) is 37.2 Å². The van der Waals surface area contributed by atoms with Crippen molar-refractivity contribution in [3.05, 3.63) is 68.0 Å². The van der Waals surface area contributed by atoms with Crippen LogP contribution < -0.4 is 5.56 Å². The molecule has 1 heterocycles. The molecule has 28 heavy (non-hydrogen) atoms. The minimum Gasteiger partial charge on any atom is -0.466 e.